The number of hydrogen-bond donors (Lipinski definition) is 1. The van der Waals surface area contributed by atoms with Crippen LogP contribution in [0.1, 0.15) is 46.0 Å². The van der Waals surface area contributed by atoms with Gasteiger partial charge in [-0.05, 0) is 55.4 Å². The molecule has 1 heterocycles. The Morgan fingerprint density at radius 3 is 2.08 bits per heavy atom. The zero-order valence-electron chi connectivity index (χ0n) is 15.4. The maximum absolute atomic E-state index is 12.7. The van der Waals surface area contributed by atoms with Crippen molar-refractivity contribution in [3.63, 3.8) is 0 Å². The normalized spacial score (nSPS) is 28.3. The Morgan fingerprint density at radius 2 is 1.46 bits per heavy atom. The summed E-state index contributed by atoms with van der Waals surface area (Å²) < 4.78 is 54.8. The first-order valence-corrected chi connectivity index (χ1v) is 12.3. The summed E-state index contributed by atoms with van der Waals surface area (Å²) in [5, 5.41) is 0. The standard InChI is InChI=1S/C18H28N2O4S2/c1-14-6-5-7-18(15(14)2)19-25(21,22)16-8-10-17(11-9-16)26(23,24)20-12-3-4-13-20/h8-11,14-15,18-19H,3-7,12-13H2,1-2H3/t14-,15-,18+/m1/s1. The molecule has 1 aromatic rings. The highest BCUT2D eigenvalue weighted by molar-refractivity contribution is 7.89. The van der Waals surface area contributed by atoms with Crippen LogP contribution in [0.3, 0.4) is 0 Å². The minimum Gasteiger partial charge on any atom is -0.208 e. The molecule has 2 aliphatic rings. The van der Waals surface area contributed by atoms with E-state index in [0.29, 0.717) is 19.0 Å². The first-order valence-electron chi connectivity index (χ1n) is 9.34. The van der Waals surface area contributed by atoms with Gasteiger partial charge in [0.2, 0.25) is 20.0 Å². The van der Waals surface area contributed by atoms with Gasteiger partial charge in [0.25, 0.3) is 0 Å². The van der Waals surface area contributed by atoms with E-state index < -0.39 is 20.0 Å². The number of nitrogens with one attached hydrogen (secondary N) is 1. The van der Waals surface area contributed by atoms with Crippen molar-refractivity contribution in [2.75, 3.05) is 13.1 Å². The second-order valence-corrected chi connectivity index (χ2v) is 11.2. The van der Waals surface area contributed by atoms with Crippen LogP contribution < -0.4 is 4.72 Å². The SMILES string of the molecule is C[C@@H]1[C@H](C)CCC[C@@H]1NS(=O)(=O)c1ccc(S(=O)(=O)N2CCCC2)cc1. The van der Waals surface area contributed by atoms with Crippen molar-refractivity contribution in [2.24, 2.45) is 11.8 Å². The van der Waals surface area contributed by atoms with Crippen molar-refractivity contribution in [1.29, 1.82) is 0 Å². The molecule has 0 spiro atoms. The van der Waals surface area contributed by atoms with Crippen molar-refractivity contribution in [3.8, 4) is 0 Å². The molecule has 0 aromatic heterocycles. The Balaban J connectivity index is 1.77. The molecule has 2 fully saturated rings. The Labute approximate surface area is 157 Å². The first-order chi connectivity index (χ1) is 12.2. The van der Waals surface area contributed by atoms with Gasteiger partial charge in [0, 0.05) is 19.1 Å². The van der Waals surface area contributed by atoms with Crippen molar-refractivity contribution in [3.05, 3.63) is 24.3 Å². The lowest BCUT2D eigenvalue weighted by molar-refractivity contribution is 0.227. The van der Waals surface area contributed by atoms with Gasteiger partial charge in [-0.25, -0.2) is 21.6 Å². The zero-order chi connectivity index (χ0) is 18.9. The highest BCUT2D eigenvalue weighted by Crippen LogP contribution is 2.30. The average molecular weight is 401 g/mol. The molecule has 0 radical (unpaired) electrons. The summed E-state index contributed by atoms with van der Waals surface area (Å²) in [5.74, 6) is 0.776. The van der Waals surface area contributed by atoms with E-state index in [2.05, 4.69) is 18.6 Å². The summed E-state index contributed by atoms with van der Waals surface area (Å²) in [7, 11) is -7.18. The lowest BCUT2D eigenvalue weighted by Gasteiger charge is -2.34. The minimum absolute atomic E-state index is 0.0724. The first kappa shape index (κ1) is 19.8. The fraction of sp³-hybridized carbons (Fsp3) is 0.667. The van der Waals surface area contributed by atoms with Crippen molar-refractivity contribution in [1.82, 2.24) is 9.03 Å². The summed E-state index contributed by atoms with van der Waals surface area (Å²) in [6.07, 6.45) is 4.72. The highest BCUT2D eigenvalue weighted by Gasteiger charge is 2.31. The van der Waals surface area contributed by atoms with Crippen LogP contribution in [0, 0.1) is 11.8 Å². The quantitative estimate of drug-likeness (QED) is 0.823. The Bertz CT molecular complexity index is 828. The number of hydrogen-bond acceptors (Lipinski definition) is 4. The van der Waals surface area contributed by atoms with Gasteiger partial charge in [-0.3, -0.25) is 0 Å². The number of benzene rings is 1. The molecule has 8 heteroatoms. The largest absolute Gasteiger partial charge is 0.243 e. The molecule has 0 bridgehead atoms. The number of nitrogens with zero attached hydrogens (tertiary/aromatic N) is 1. The van der Waals surface area contributed by atoms with Crippen LogP contribution in [0.4, 0.5) is 0 Å². The van der Waals surface area contributed by atoms with Crippen LogP contribution in [0.15, 0.2) is 34.1 Å². The third-order valence-electron chi connectivity index (χ3n) is 5.85. The maximum Gasteiger partial charge on any atom is 0.243 e. The smallest absolute Gasteiger partial charge is 0.208 e. The summed E-state index contributed by atoms with van der Waals surface area (Å²) in [4.78, 5) is 0.265. The maximum atomic E-state index is 12.7. The zero-order valence-corrected chi connectivity index (χ0v) is 17.0. The van der Waals surface area contributed by atoms with Crippen LogP contribution in [0.2, 0.25) is 0 Å². The average Bonchev–Trinajstić information content (AvgIpc) is 3.14. The Morgan fingerprint density at radius 1 is 0.885 bits per heavy atom. The van der Waals surface area contributed by atoms with Gasteiger partial charge < -0.3 is 0 Å². The minimum atomic E-state index is -3.66. The molecule has 0 unspecified atom stereocenters. The topological polar surface area (TPSA) is 83.5 Å². The van der Waals surface area contributed by atoms with Gasteiger partial charge in [-0.2, -0.15) is 4.31 Å². The lowest BCUT2D eigenvalue weighted by Crippen LogP contribution is -2.43. The van der Waals surface area contributed by atoms with Crippen LogP contribution in [-0.2, 0) is 20.0 Å². The molecule has 3 rings (SSSR count). The molecule has 1 aliphatic carbocycles. The van der Waals surface area contributed by atoms with Gasteiger partial charge in [-0.1, -0.05) is 26.7 Å². The van der Waals surface area contributed by atoms with E-state index >= 15 is 0 Å². The van der Waals surface area contributed by atoms with Crippen LogP contribution in [-0.4, -0.2) is 40.3 Å². The fourth-order valence-electron chi connectivity index (χ4n) is 3.88. The Hall–Kier alpha value is -0.960. The number of sulfonamides is 2. The predicted octanol–water partition coefficient (Wildman–Crippen LogP) is 2.57. The molecule has 1 saturated carbocycles. The molecule has 1 aliphatic heterocycles. The van der Waals surface area contributed by atoms with Gasteiger partial charge in [0.1, 0.15) is 0 Å². The van der Waals surface area contributed by atoms with E-state index in [1.165, 1.54) is 28.6 Å². The highest BCUT2D eigenvalue weighted by atomic mass is 32.2. The van der Waals surface area contributed by atoms with Crippen molar-refractivity contribution < 1.29 is 16.8 Å². The van der Waals surface area contributed by atoms with Crippen LogP contribution in [0.5, 0.6) is 0 Å². The molecule has 1 aromatic carbocycles. The lowest BCUT2D eigenvalue weighted by atomic mass is 9.78. The monoisotopic (exact) mass is 400 g/mol. The molecule has 1 saturated heterocycles. The van der Waals surface area contributed by atoms with Gasteiger partial charge in [0.05, 0.1) is 9.79 Å². The predicted molar refractivity (Wildman–Crippen MR) is 101 cm³/mol. The second-order valence-electron chi connectivity index (χ2n) is 7.58. The molecular weight excluding hydrogens is 372 g/mol. The molecule has 26 heavy (non-hydrogen) atoms. The molecular formula is C18H28N2O4S2. The van der Waals surface area contributed by atoms with E-state index in [1.54, 1.807) is 0 Å². The van der Waals surface area contributed by atoms with E-state index in [1.807, 2.05) is 0 Å². The van der Waals surface area contributed by atoms with Gasteiger partial charge >= 0.3 is 0 Å². The fourth-order valence-corrected chi connectivity index (χ4v) is 6.76. The summed E-state index contributed by atoms with van der Waals surface area (Å²) >= 11 is 0. The third-order valence-corrected chi connectivity index (χ3v) is 9.27. The summed E-state index contributed by atoms with van der Waals surface area (Å²) in [6, 6.07) is 5.51. The van der Waals surface area contributed by atoms with E-state index in [0.717, 1.165) is 32.1 Å². The second kappa shape index (κ2) is 7.58. The summed E-state index contributed by atoms with van der Waals surface area (Å²) in [5.41, 5.74) is 0. The van der Waals surface area contributed by atoms with Crippen molar-refractivity contribution in [2.45, 2.75) is 61.8 Å². The van der Waals surface area contributed by atoms with Crippen LogP contribution in [0.25, 0.3) is 0 Å². The third kappa shape index (κ3) is 3.98. The molecule has 146 valence electrons. The number of rotatable bonds is 5. The molecule has 1 N–H and O–H groups in total. The van der Waals surface area contributed by atoms with E-state index in [9.17, 15) is 16.8 Å². The van der Waals surface area contributed by atoms with E-state index in [-0.39, 0.29) is 21.8 Å². The van der Waals surface area contributed by atoms with Gasteiger partial charge in [0.15, 0.2) is 0 Å². The van der Waals surface area contributed by atoms with Crippen LogP contribution >= 0.6 is 0 Å². The van der Waals surface area contributed by atoms with Gasteiger partial charge in [-0.15, -0.1) is 0 Å². The molecule has 0 amide bonds. The van der Waals surface area contributed by atoms with E-state index in [4.69, 9.17) is 0 Å². The summed E-state index contributed by atoms with van der Waals surface area (Å²) in [6.45, 7) is 5.30. The molecule has 3 atom stereocenters. The Kier molecular flexibility index (Phi) is 5.77. The van der Waals surface area contributed by atoms with Crippen molar-refractivity contribution >= 4 is 20.0 Å². The molecule has 6 nitrogen and oxygen atoms in total.